The molecule has 0 unspecified atom stereocenters. The molecule has 0 amide bonds. The molecule has 0 aromatic heterocycles. The largest absolute Gasteiger partial charge is 2.00 e. The molecule has 7 heteroatoms. The van der Waals surface area contributed by atoms with Crippen molar-refractivity contribution in [2.24, 2.45) is 0 Å². The first-order valence-corrected chi connectivity index (χ1v) is 3.14. The Morgan fingerprint density at radius 1 is 0.900 bits per heavy atom. The molecule has 0 saturated heterocycles. The van der Waals surface area contributed by atoms with Crippen molar-refractivity contribution in [1.82, 2.24) is 0 Å². The van der Waals surface area contributed by atoms with E-state index in [1.165, 1.54) is 0 Å². The summed E-state index contributed by atoms with van der Waals surface area (Å²) in [6.07, 6.45) is 0. The van der Waals surface area contributed by atoms with Gasteiger partial charge in [-0.15, -0.1) is 0 Å². The summed E-state index contributed by atoms with van der Waals surface area (Å²) < 4.78 is 0. The minimum absolute atomic E-state index is 0. The van der Waals surface area contributed by atoms with Gasteiger partial charge in [-0.25, -0.2) is 0 Å². The Morgan fingerprint density at radius 2 is 0.900 bits per heavy atom. The molecule has 0 bridgehead atoms. The van der Waals surface area contributed by atoms with E-state index in [4.69, 9.17) is 14.7 Å². The fourth-order valence-corrected chi connectivity index (χ4v) is 0. The summed E-state index contributed by atoms with van der Waals surface area (Å²) in [7, 11) is -3.39. The standard InChI is InChI=1S/CH6O3P.2CH3.2ClH.Pd/c1-5(2,3)4;;;;;/h2-4H,1H3;2*1H3;2*1H;/q+1;2*-1;;;+2/p-2. The van der Waals surface area contributed by atoms with Gasteiger partial charge in [0.1, 0.15) is 6.66 Å². The molecule has 0 heterocycles. The third kappa shape index (κ3) is 290. The predicted molar refractivity (Wildman–Crippen MR) is 32.3 cm³/mol. The SMILES string of the molecule is C[P+](O)(O)O.[CH3-].[CH3-].[Cl-].[Cl-].[Pd+2]. The molecule has 0 rings (SSSR count). The van der Waals surface area contributed by atoms with Crippen LogP contribution in [0, 0.1) is 14.9 Å². The fraction of sp³-hybridized carbons (Fsp3) is 0.333. The van der Waals surface area contributed by atoms with E-state index in [1.807, 2.05) is 0 Å². The van der Waals surface area contributed by atoms with Crippen LogP contribution in [0.4, 0.5) is 0 Å². The van der Waals surface area contributed by atoms with Crippen molar-refractivity contribution < 1.29 is 59.9 Å². The van der Waals surface area contributed by atoms with Crippen molar-refractivity contribution >= 4 is 7.94 Å². The topological polar surface area (TPSA) is 60.7 Å². The number of rotatable bonds is 0. The molecular formula is C3H12Cl2O3PPd-. The Bertz CT molecular complexity index is 37.2. The van der Waals surface area contributed by atoms with Crippen LogP contribution in [0.25, 0.3) is 0 Å². The van der Waals surface area contributed by atoms with Crippen LogP contribution >= 0.6 is 7.94 Å². The molecule has 0 aromatic carbocycles. The molecule has 0 aromatic rings. The first kappa shape index (κ1) is 41.7. The summed E-state index contributed by atoms with van der Waals surface area (Å²) in [5, 5.41) is 0. The van der Waals surface area contributed by atoms with Gasteiger partial charge in [0, 0.05) is 0 Å². The molecule has 0 atom stereocenters. The maximum absolute atomic E-state index is 7.74. The van der Waals surface area contributed by atoms with E-state index in [-0.39, 0.29) is 60.1 Å². The van der Waals surface area contributed by atoms with Crippen LogP contribution in [0.5, 0.6) is 0 Å². The van der Waals surface area contributed by atoms with Crippen LogP contribution in [-0.2, 0) is 20.4 Å². The first-order chi connectivity index (χ1) is 2.00. The van der Waals surface area contributed by atoms with E-state index >= 15 is 0 Å². The molecule has 0 saturated carbocycles. The van der Waals surface area contributed by atoms with E-state index in [0.29, 0.717) is 0 Å². The Labute approximate surface area is 89.3 Å². The van der Waals surface area contributed by atoms with E-state index in [9.17, 15) is 0 Å². The second-order valence-corrected chi connectivity index (χ2v) is 2.60. The van der Waals surface area contributed by atoms with Crippen molar-refractivity contribution in [2.45, 2.75) is 0 Å². The average molecular weight is 304 g/mol. The summed E-state index contributed by atoms with van der Waals surface area (Å²) in [6.45, 7) is 0.965. The van der Waals surface area contributed by atoms with Crippen LogP contribution in [-0.4, -0.2) is 21.3 Å². The summed E-state index contributed by atoms with van der Waals surface area (Å²) in [5.74, 6) is 0. The molecule has 0 spiro atoms. The van der Waals surface area contributed by atoms with E-state index in [1.54, 1.807) is 0 Å². The zero-order chi connectivity index (χ0) is 4.50. The Hall–Kier alpha value is 1.55. The fourth-order valence-electron chi connectivity index (χ4n) is 0. The molecule has 10 heavy (non-hydrogen) atoms. The van der Waals surface area contributed by atoms with Gasteiger partial charge in [-0.1, -0.05) is 0 Å². The van der Waals surface area contributed by atoms with Gasteiger partial charge in [0.05, 0.1) is 0 Å². The van der Waals surface area contributed by atoms with E-state index in [0.717, 1.165) is 6.66 Å². The molecule has 0 aliphatic rings. The van der Waals surface area contributed by atoms with Crippen molar-refractivity contribution in [2.75, 3.05) is 6.66 Å². The molecule has 0 aliphatic carbocycles. The van der Waals surface area contributed by atoms with Gasteiger partial charge in [0.15, 0.2) is 0 Å². The van der Waals surface area contributed by atoms with Crippen LogP contribution < -0.4 is 24.8 Å². The number of hydrogen-bond donors (Lipinski definition) is 3. The molecule has 3 nitrogen and oxygen atoms in total. The monoisotopic (exact) mass is 303 g/mol. The molecule has 0 aliphatic heterocycles. The second-order valence-electron chi connectivity index (χ2n) is 0.868. The quantitative estimate of drug-likeness (QED) is 0.237. The minimum atomic E-state index is -3.39. The van der Waals surface area contributed by atoms with Crippen LogP contribution in [0.15, 0.2) is 0 Å². The number of halogens is 2. The van der Waals surface area contributed by atoms with Crippen LogP contribution in [0.3, 0.4) is 0 Å². The summed E-state index contributed by atoms with van der Waals surface area (Å²) in [6, 6.07) is 0. The van der Waals surface area contributed by atoms with Gasteiger partial charge in [-0.05, 0) is 0 Å². The van der Waals surface area contributed by atoms with Crippen molar-refractivity contribution in [3.63, 3.8) is 0 Å². The maximum atomic E-state index is 7.74. The van der Waals surface area contributed by atoms with E-state index in [2.05, 4.69) is 0 Å². The van der Waals surface area contributed by atoms with Crippen LogP contribution in [0.2, 0.25) is 0 Å². The molecule has 0 fully saturated rings. The summed E-state index contributed by atoms with van der Waals surface area (Å²) in [5.41, 5.74) is 0. The molecule has 72 valence electrons. The van der Waals surface area contributed by atoms with Gasteiger partial charge in [0.2, 0.25) is 0 Å². The summed E-state index contributed by atoms with van der Waals surface area (Å²) in [4.78, 5) is 23.2. The van der Waals surface area contributed by atoms with Gasteiger partial charge in [-0.2, -0.15) is 14.7 Å². The Kier molecular flexibility index (Phi) is 70.4. The third-order valence-electron chi connectivity index (χ3n) is 0. The smallest absolute Gasteiger partial charge is 1.00 e. The Morgan fingerprint density at radius 3 is 0.900 bits per heavy atom. The van der Waals surface area contributed by atoms with Crippen molar-refractivity contribution in [1.29, 1.82) is 0 Å². The van der Waals surface area contributed by atoms with Gasteiger partial charge < -0.3 is 39.7 Å². The first-order valence-electron chi connectivity index (χ1n) is 1.05. The predicted octanol–water partition coefficient (Wildman–Crippen LogP) is -5.74. The van der Waals surface area contributed by atoms with E-state index < -0.39 is 7.94 Å². The molecular weight excluding hydrogens is 292 g/mol. The van der Waals surface area contributed by atoms with Crippen molar-refractivity contribution in [3.8, 4) is 0 Å². The third-order valence-corrected chi connectivity index (χ3v) is 0. The summed E-state index contributed by atoms with van der Waals surface area (Å²) >= 11 is 0. The Balaban J connectivity index is -0.00000000800. The van der Waals surface area contributed by atoms with Gasteiger partial charge in [-0.3, -0.25) is 0 Å². The molecule has 3 N–H and O–H groups in total. The van der Waals surface area contributed by atoms with Gasteiger partial charge >= 0.3 is 28.4 Å². The minimum Gasteiger partial charge on any atom is -1.00 e. The second kappa shape index (κ2) is 16.9. The number of hydrogen-bond acceptors (Lipinski definition) is 3. The van der Waals surface area contributed by atoms with Gasteiger partial charge in [0.25, 0.3) is 0 Å². The molecule has 0 radical (unpaired) electrons. The van der Waals surface area contributed by atoms with Crippen LogP contribution in [0.1, 0.15) is 0 Å². The normalized spacial score (nSPS) is 6.00. The van der Waals surface area contributed by atoms with Crippen molar-refractivity contribution in [3.05, 3.63) is 14.9 Å². The zero-order valence-corrected chi connectivity index (χ0v) is 9.82. The average Bonchev–Trinajstić information content (AvgIpc) is 0.722. The maximum Gasteiger partial charge on any atom is 2.00 e. The zero-order valence-electron chi connectivity index (χ0n) is 5.86.